The van der Waals surface area contributed by atoms with Crippen molar-refractivity contribution in [1.82, 2.24) is 4.98 Å². The molecule has 0 bridgehead atoms. The molecule has 1 aromatic heterocycles. The zero-order chi connectivity index (χ0) is 18.5. The van der Waals surface area contributed by atoms with Crippen molar-refractivity contribution in [2.75, 3.05) is 14.2 Å². The summed E-state index contributed by atoms with van der Waals surface area (Å²) in [6.45, 7) is 0. The summed E-state index contributed by atoms with van der Waals surface area (Å²) in [6.07, 6.45) is 3.35. The minimum absolute atomic E-state index is 0.0373. The highest BCUT2D eigenvalue weighted by Crippen LogP contribution is 2.30. The zero-order valence-corrected chi connectivity index (χ0v) is 15.2. The van der Waals surface area contributed by atoms with Gasteiger partial charge in [0.15, 0.2) is 11.5 Å². The van der Waals surface area contributed by atoms with Crippen LogP contribution in [0.1, 0.15) is 12.1 Å². The van der Waals surface area contributed by atoms with Gasteiger partial charge in [0.1, 0.15) is 22.5 Å². The molecule has 1 aliphatic carbocycles. The van der Waals surface area contributed by atoms with Crippen molar-refractivity contribution in [2.24, 2.45) is 4.99 Å². The van der Waals surface area contributed by atoms with Gasteiger partial charge in [0.2, 0.25) is 6.19 Å². The first-order valence-electron chi connectivity index (χ1n) is 7.86. The summed E-state index contributed by atoms with van der Waals surface area (Å²) in [4.78, 5) is 8.56. The molecule has 7 heteroatoms. The third-order valence-electron chi connectivity index (χ3n) is 4.00. The lowest BCUT2D eigenvalue weighted by Crippen LogP contribution is -2.24. The number of nitriles is 1. The topological polar surface area (TPSA) is 87.7 Å². The Labute approximate surface area is 155 Å². The number of benzene rings is 1. The minimum atomic E-state index is -0.448. The van der Waals surface area contributed by atoms with Gasteiger partial charge < -0.3 is 14.6 Å². The Kier molecular flexibility index (Phi) is 5.46. The van der Waals surface area contributed by atoms with E-state index in [9.17, 15) is 5.11 Å². The molecular weight excluding hydrogens is 350 g/mol. The normalized spacial score (nSPS) is 17.7. The first-order chi connectivity index (χ1) is 12.7. The van der Waals surface area contributed by atoms with Crippen LogP contribution >= 0.6 is 11.3 Å². The smallest absolute Gasteiger partial charge is 0.206 e. The predicted octanol–water partition coefficient (Wildman–Crippen LogP) is 3.84. The maximum Gasteiger partial charge on any atom is 0.206 e. The van der Waals surface area contributed by atoms with Gasteiger partial charge in [-0.05, 0) is 11.6 Å². The highest BCUT2D eigenvalue weighted by Gasteiger charge is 2.28. The predicted molar refractivity (Wildman–Crippen MR) is 99.9 cm³/mol. The van der Waals surface area contributed by atoms with Crippen LogP contribution < -0.4 is 0 Å². The van der Waals surface area contributed by atoms with E-state index in [4.69, 9.17) is 14.7 Å². The number of aromatic nitrogens is 1. The minimum Gasteiger partial charge on any atom is -0.504 e. The third kappa shape index (κ3) is 3.52. The summed E-state index contributed by atoms with van der Waals surface area (Å²) in [5.74, 6) is 0.320. The fourth-order valence-corrected chi connectivity index (χ4v) is 3.59. The van der Waals surface area contributed by atoms with Crippen molar-refractivity contribution in [2.45, 2.75) is 12.5 Å². The molecule has 0 saturated heterocycles. The van der Waals surface area contributed by atoms with E-state index < -0.39 is 6.10 Å². The largest absolute Gasteiger partial charge is 0.504 e. The van der Waals surface area contributed by atoms with E-state index in [-0.39, 0.29) is 5.76 Å². The van der Waals surface area contributed by atoms with Gasteiger partial charge in [-0.3, -0.25) is 0 Å². The number of ether oxygens (including phenoxy) is 2. The average Bonchev–Trinajstić information content (AvgIpc) is 3.16. The number of thiazole rings is 1. The van der Waals surface area contributed by atoms with E-state index in [0.717, 1.165) is 10.6 Å². The first kappa shape index (κ1) is 17.9. The third-order valence-corrected chi connectivity index (χ3v) is 4.89. The molecule has 0 radical (unpaired) electrons. The van der Waals surface area contributed by atoms with Gasteiger partial charge in [-0.2, -0.15) is 10.3 Å². The van der Waals surface area contributed by atoms with E-state index in [0.29, 0.717) is 29.2 Å². The maximum absolute atomic E-state index is 10.2. The second-order valence-corrected chi connectivity index (χ2v) is 6.37. The quantitative estimate of drug-likeness (QED) is 0.641. The molecule has 1 aliphatic rings. The molecule has 1 unspecified atom stereocenters. The van der Waals surface area contributed by atoms with Crippen molar-refractivity contribution >= 4 is 17.0 Å². The van der Waals surface area contributed by atoms with E-state index in [1.165, 1.54) is 25.6 Å². The van der Waals surface area contributed by atoms with Crippen LogP contribution in [0.3, 0.4) is 0 Å². The molecule has 3 rings (SSSR count). The molecule has 0 amide bonds. The Morgan fingerprint density at radius 1 is 1.35 bits per heavy atom. The summed E-state index contributed by atoms with van der Waals surface area (Å²) in [5.41, 5.74) is 2.68. The number of nitrogens with zero attached hydrogens (tertiary/aromatic N) is 3. The lowest BCUT2D eigenvalue weighted by molar-refractivity contribution is 0.0694. The molecule has 2 aromatic rings. The van der Waals surface area contributed by atoms with Crippen molar-refractivity contribution in [3.8, 4) is 16.8 Å². The van der Waals surface area contributed by atoms with Gasteiger partial charge in [0.05, 0.1) is 7.11 Å². The summed E-state index contributed by atoms with van der Waals surface area (Å²) in [6, 6.07) is 9.79. The lowest BCUT2D eigenvalue weighted by atomic mass is 9.94. The maximum atomic E-state index is 10.2. The number of hydrogen-bond acceptors (Lipinski definition) is 7. The fraction of sp³-hybridized carbons (Fsp3) is 0.211. The number of aliphatic imine (C=N–C) groups is 1. The van der Waals surface area contributed by atoms with E-state index in [1.54, 1.807) is 6.08 Å². The van der Waals surface area contributed by atoms with Crippen LogP contribution in [0.4, 0.5) is 0 Å². The van der Waals surface area contributed by atoms with E-state index in [2.05, 4.69) is 9.98 Å². The van der Waals surface area contributed by atoms with Crippen LogP contribution in [0.25, 0.3) is 10.6 Å². The Morgan fingerprint density at radius 3 is 2.77 bits per heavy atom. The number of hydrogen-bond donors (Lipinski definition) is 1. The van der Waals surface area contributed by atoms with Crippen molar-refractivity contribution < 1.29 is 14.6 Å². The van der Waals surface area contributed by atoms with Crippen LogP contribution in [0.5, 0.6) is 0 Å². The molecule has 132 valence electrons. The highest BCUT2D eigenvalue weighted by atomic mass is 32.1. The Morgan fingerprint density at radius 2 is 2.12 bits per heavy atom. The van der Waals surface area contributed by atoms with Crippen LogP contribution in [0.2, 0.25) is 0 Å². The Balaban J connectivity index is 1.99. The Hall–Kier alpha value is -2.95. The van der Waals surface area contributed by atoms with Gasteiger partial charge in [-0.15, -0.1) is 11.3 Å². The molecule has 1 heterocycles. The number of aliphatic hydroxyl groups excluding tert-OH is 1. The van der Waals surface area contributed by atoms with E-state index in [1.807, 2.05) is 41.9 Å². The first-order valence-corrected chi connectivity index (χ1v) is 8.74. The molecule has 26 heavy (non-hydrogen) atoms. The number of rotatable bonds is 5. The second-order valence-electron chi connectivity index (χ2n) is 5.52. The van der Waals surface area contributed by atoms with Crippen molar-refractivity contribution in [3.63, 3.8) is 0 Å². The fourth-order valence-electron chi connectivity index (χ4n) is 2.78. The van der Waals surface area contributed by atoms with Crippen LogP contribution in [-0.2, 0) is 9.47 Å². The molecule has 6 nitrogen and oxygen atoms in total. The summed E-state index contributed by atoms with van der Waals surface area (Å²) in [5, 5.41) is 22.0. The van der Waals surface area contributed by atoms with Crippen molar-refractivity contribution in [3.05, 3.63) is 64.6 Å². The van der Waals surface area contributed by atoms with Gasteiger partial charge in [-0.25, -0.2) is 4.98 Å². The second kappa shape index (κ2) is 7.95. The molecule has 1 atom stereocenters. The number of aliphatic hydroxyl groups is 1. The van der Waals surface area contributed by atoms with Gasteiger partial charge >= 0.3 is 0 Å². The van der Waals surface area contributed by atoms with Gasteiger partial charge in [0, 0.05) is 24.5 Å². The SMILES string of the molecule is COC1=C(O)C=C(C(=NC#N)c2csc(-c3ccccc3)n2)CC1OC. The summed E-state index contributed by atoms with van der Waals surface area (Å²) < 4.78 is 10.6. The number of methoxy groups -OCH3 is 2. The van der Waals surface area contributed by atoms with Crippen molar-refractivity contribution in [1.29, 1.82) is 5.26 Å². The highest BCUT2D eigenvalue weighted by molar-refractivity contribution is 7.13. The molecular formula is C19H17N3O3S. The van der Waals surface area contributed by atoms with E-state index >= 15 is 0 Å². The summed E-state index contributed by atoms with van der Waals surface area (Å²) in [7, 11) is 3.02. The average molecular weight is 367 g/mol. The standard InChI is InChI=1S/C19H17N3O3S/c1-24-16-9-13(8-15(23)18(16)25-2)17(21-11-20)14-10-26-19(22-14)12-6-4-3-5-7-12/h3-8,10,16,23H,9H2,1-2H3. The molecule has 1 aromatic carbocycles. The number of allylic oxidation sites excluding steroid dienone is 1. The summed E-state index contributed by atoms with van der Waals surface area (Å²) >= 11 is 1.47. The monoisotopic (exact) mass is 367 g/mol. The molecule has 0 spiro atoms. The van der Waals surface area contributed by atoms with Crippen LogP contribution in [0.15, 0.2) is 63.9 Å². The molecule has 1 N–H and O–H groups in total. The molecule has 0 aliphatic heterocycles. The van der Waals surface area contributed by atoms with Gasteiger partial charge in [-0.1, -0.05) is 30.3 Å². The molecule has 0 saturated carbocycles. The Bertz CT molecular complexity index is 923. The zero-order valence-electron chi connectivity index (χ0n) is 14.3. The molecule has 0 fully saturated rings. The van der Waals surface area contributed by atoms with Crippen LogP contribution in [-0.4, -0.2) is 36.1 Å². The van der Waals surface area contributed by atoms with Gasteiger partial charge in [0.25, 0.3) is 0 Å². The van der Waals surface area contributed by atoms with Crippen LogP contribution in [0, 0.1) is 11.5 Å². The lowest BCUT2D eigenvalue weighted by Gasteiger charge is -2.24.